The molecular formula is C36H32S3. The van der Waals surface area contributed by atoms with Gasteiger partial charge in [0, 0.05) is 39.7 Å². The molecule has 3 heterocycles. The first kappa shape index (κ1) is 25.0. The third-order valence-electron chi connectivity index (χ3n) is 7.90. The van der Waals surface area contributed by atoms with Gasteiger partial charge in [0.15, 0.2) is 0 Å². The smallest absolute Gasteiger partial charge is 0.0455 e. The summed E-state index contributed by atoms with van der Waals surface area (Å²) in [5.41, 5.74) is 2.91. The molecule has 3 heteroatoms. The molecule has 0 N–H and O–H groups in total. The Morgan fingerprint density at radius 1 is 0.436 bits per heavy atom. The summed E-state index contributed by atoms with van der Waals surface area (Å²) >= 11 is 5.78. The monoisotopic (exact) mass is 560 g/mol. The Morgan fingerprint density at radius 3 is 1.36 bits per heavy atom. The van der Waals surface area contributed by atoms with Gasteiger partial charge in [0.2, 0.25) is 0 Å². The topological polar surface area (TPSA) is 0 Å². The van der Waals surface area contributed by atoms with Crippen molar-refractivity contribution < 1.29 is 0 Å². The van der Waals surface area contributed by atoms with E-state index in [0.717, 1.165) is 0 Å². The molecule has 0 aliphatic carbocycles. The minimum Gasteiger partial charge on any atom is -0.134 e. The van der Waals surface area contributed by atoms with Gasteiger partial charge in [-0.05, 0) is 94.8 Å². The van der Waals surface area contributed by atoms with Crippen LogP contribution >= 0.6 is 34.0 Å². The summed E-state index contributed by atoms with van der Waals surface area (Å²) in [4.78, 5) is 5.48. The molecule has 4 aromatic carbocycles. The number of hydrogen-bond acceptors (Lipinski definition) is 3. The Bertz CT molecular complexity index is 1800. The van der Waals surface area contributed by atoms with Crippen molar-refractivity contribution in [3.8, 4) is 19.5 Å². The predicted molar refractivity (Wildman–Crippen MR) is 178 cm³/mol. The molecule has 0 fully saturated rings. The molecule has 0 radical (unpaired) electrons. The van der Waals surface area contributed by atoms with Gasteiger partial charge in [0.1, 0.15) is 0 Å². The van der Waals surface area contributed by atoms with E-state index < -0.39 is 0 Å². The highest BCUT2D eigenvalue weighted by Gasteiger charge is 2.14. The first-order chi connectivity index (χ1) is 19.2. The first-order valence-corrected chi connectivity index (χ1v) is 16.7. The van der Waals surface area contributed by atoms with Crippen LogP contribution in [0, 0.1) is 0 Å². The second-order valence-corrected chi connectivity index (χ2v) is 13.9. The van der Waals surface area contributed by atoms with Gasteiger partial charge < -0.3 is 0 Å². The average molecular weight is 561 g/mol. The molecule has 0 saturated heterocycles. The molecular weight excluding hydrogens is 529 g/mol. The van der Waals surface area contributed by atoms with Crippen LogP contribution in [0.4, 0.5) is 0 Å². The minimum absolute atomic E-state index is 1.17. The van der Waals surface area contributed by atoms with Crippen LogP contribution < -0.4 is 0 Å². The summed E-state index contributed by atoms with van der Waals surface area (Å²) < 4.78 is 2.76. The maximum atomic E-state index is 2.43. The normalized spacial score (nSPS) is 11.9. The van der Waals surface area contributed by atoms with Crippen LogP contribution in [-0.4, -0.2) is 0 Å². The molecule has 0 spiro atoms. The third-order valence-corrected chi connectivity index (χ3v) is 11.6. The lowest BCUT2D eigenvalue weighted by Crippen LogP contribution is -1.84. The van der Waals surface area contributed by atoms with Gasteiger partial charge in [-0.25, -0.2) is 0 Å². The number of fused-ring (bicyclic) bond motifs is 6. The largest absolute Gasteiger partial charge is 0.134 e. The van der Waals surface area contributed by atoms with E-state index in [1.54, 1.807) is 0 Å². The van der Waals surface area contributed by atoms with Crippen molar-refractivity contribution >= 4 is 75.7 Å². The van der Waals surface area contributed by atoms with Gasteiger partial charge in [-0.3, -0.25) is 0 Å². The highest BCUT2D eigenvalue weighted by Crippen LogP contribution is 2.45. The van der Waals surface area contributed by atoms with Gasteiger partial charge >= 0.3 is 0 Å². The minimum atomic E-state index is 1.17. The zero-order valence-corrected chi connectivity index (χ0v) is 25.0. The lowest BCUT2D eigenvalue weighted by atomic mass is 10.0. The summed E-state index contributed by atoms with van der Waals surface area (Å²) in [5, 5.41) is 8.27. The fourth-order valence-corrected chi connectivity index (χ4v) is 9.01. The molecule has 0 amide bonds. The molecule has 39 heavy (non-hydrogen) atoms. The molecule has 194 valence electrons. The first-order valence-electron chi connectivity index (χ1n) is 14.2. The van der Waals surface area contributed by atoms with Crippen LogP contribution in [-0.2, 0) is 12.8 Å². The molecule has 0 bridgehead atoms. The Kier molecular flexibility index (Phi) is 6.76. The molecule has 7 rings (SSSR count). The molecule has 0 nitrogen and oxygen atoms in total. The number of benzene rings is 4. The quantitative estimate of drug-likeness (QED) is 0.173. The Hall–Kier alpha value is -2.98. The van der Waals surface area contributed by atoms with Crippen LogP contribution in [0.3, 0.4) is 0 Å². The van der Waals surface area contributed by atoms with E-state index in [1.165, 1.54) is 111 Å². The van der Waals surface area contributed by atoms with Crippen molar-refractivity contribution in [3.63, 3.8) is 0 Å². The fourth-order valence-electron chi connectivity index (χ4n) is 5.69. The zero-order chi connectivity index (χ0) is 26.3. The van der Waals surface area contributed by atoms with Crippen LogP contribution in [0.5, 0.6) is 0 Å². The summed E-state index contributed by atoms with van der Waals surface area (Å²) in [6.45, 7) is 4.54. The summed E-state index contributed by atoms with van der Waals surface area (Å²) in [5.74, 6) is 0. The van der Waals surface area contributed by atoms with Crippen LogP contribution in [0.1, 0.15) is 50.7 Å². The van der Waals surface area contributed by atoms with E-state index >= 15 is 0 Å². The number of unbranched alkanes of at least 4 members (excludes halogenated alkanes) is 2. The SMILES string of the molecule is CCCCc1ccc2ccc3sc(-c4ccc(-c5cc6c(ccc7ccc(CCCC)cc76)s5)s4)cc3c2c1. The zero-order valence-electron chi connectivity index (χ0n) is 22.6. The van der Waals surface area contributed by atoms with Crippen molar-refractivity contribution in [2.75, 3.05) is 0 Å². The van der Waals surface area contributed by atoms with Crippen LogP contribution in [0.15, 0.2) is 84.9 Å². The molecule has 0 aliphatic heterocycles. The van der Waals surface area contributed by atoms with Gasteiger partial charge in [-0.15, -0.1) is 34.0 Å². The van der Waals surface area contributed by atoms with Gasteiger partial charge in [-0.1, -0.05) is 75.2 Å². The van der Waals surface area contributed by atoms with Crippen molar-refractivity contribution in [2.24, 2.45) is 0 Å². The Labute approximate surface area is 242 Å². The van der Waals surface area contributed by atoms with Crippen molar-refractivity contribution in [2.45, 2.75) is 52.4 Å². The lowest BCUT2D eigenvalue weighted by Gasteiger charge is -2.04. The van der Waals surface area contributed by atoms with Crippen LogP contribution in [0.25, 0.3) is 61.2 Å². The van der Waals surface area contributed by atoms with E-state index in [1.807, 2.05) is 34.0 Å². The molecule has 7 aromatic rings. The van der Waals surface area contributed by atoms with Crippen molar-refractivity contribution in [3.05, 3.63) is 96.1 Å². The van der Waals surface area contributed by atoms with E-state index in [0.29, 0.717) is 0 Å². The molecule has 0 saturated carbocycles. The molecule has 3 aromatic heterocycles. The number of rotatable bonds is 8. The van der Waals surface area contributed by atoms with E-state index in [4.69, 9.17) is 0 Å². The lowest BCUT2D eigenvalue weighted by molar-refractivity contribution is 0.796. The number of hydrogen-bond donors (Lipinski definition) is 0. The van der Waals surface area contributed by atoms with Gasteiger partial charge in [-0.2, -0.15) is 0 Å². The van der Waals surface area contributed by atoms with Gasteiger partial charge in [0.05, 0.1) is 0 Å². The standard InChI is InChI=1S/C36H32S3/c1-3-5-7-23-9-11-25-13-15-31-29(27(25)19-23)21-35(37-31)33-17-18-34(39-33)36-22-30-28-20-24(8-6-4-2)10-12-26(28)14-16-32(30)38-36/h9-22H,3-8H2,1-2H3. The maximum Gasteiger partial charge on any atom is 0.0455 e. The summed E-state index contributed by atoms with van der Waals surface area (Å²) in [6, 6.07) is 32.8. The van der Waals surface area contributed by atoms with Crippen molar-refractivity contribution in [1.29, 1.82) is 0 Å². The molecule has 0 aliphatic rings. The van der Waals surface area contributed by atoms with E-state index in [9.17, 15) is 0 Å². The second-order valence-electron chi connectivity index (χ2n) is 10.7. The van der Waals surface area contributed by atoms with Crippen molar-refractivity contribution in [1.82, 2.24) is 0 Å². The van der Waals surface area contributed by atoms with Crippen LogP contribution in [0.2, 0.25) is 0 Å². The summed E-state index contributed by atoms with van der Waals surface area (Å²) in [7, 11) is 0. The highest BCUT2D eigenvalue weighted by molar-refractivity contribution is 7.29. The Morgan fingerprint density at radius 2 is 0.897 bits per heavy atom. The van der Waals surface area contributed by atoms with E-state index in [-0.39, 0.29) is 0 Å². The summed E-state index contributed by atoms with van der Waals surface area (Å²) in [6.07, 6.45) is 7.31. The number of thiophene rings is 3. The fraction of sp³-hybridized carbons (Fsp3) is 0.222. The third kappa shape index (κ3) is 4.71. The molecule has 0 atom stereocenters. The average Bonchev–Trinajstić information content (AvgIpc) is 3.72. The highest BCUT2D eigenvalue weighted by atomic mass is 32.1. The molecule has 0 unspecified atom stereocenters. The number of aryl methyl sites for hydroxylation is 2. The Balaban J connectivity index is 1.25. The van der Waals surface area contributed by atoms with Gasteiger partial charge in [0.25, 0.3) is 0 Å². The maximum absolute atomic E-state index is 2.43. The van der Waals surface area contributed by atoms with E-state index in [2.05, 4.69) is 98.8 Å². The predicted octanol–water partition coefficient (Wildman–Crippen LogP) is 12.5. The second kappa shape index (κ2) is 10.5.